The summed E-state index contributed by atoms with van der Waals surface area (Å²) in [5.74, 6) is 1.37. The summed E-state index contributed by atoms with van der Waals surface area (Å²) in [6, 6.07) is 10.1. The highest BCUT2D eigenvalue weighted by atomic mass is 35.5. The summed E-state index contributed by atoms with van der Waals surface area (Å²) in [6.45, 7) is 7.76. The van der Waals surface area contributed by atoms with E-state index in [1.54, 1.807) is 11.6 Å². The molecule has 160 valence electrons. The van der Waals surface area contributed by atoms with Crippen molar-refractivity contribution in [1.29, 1.82) is 0 Å². The monoisotopic (exact) mass is 430 g/mol. The van der Waals surface area contributed by atoms with Crippen LogP contribution in [-0.4, -0.2) is 63.4 Å². The maximum absolute atomic E-state index is 6.13. The number of rotatable bonds is 7. The number of methoxy groups -OCH3 is 1. The van der Waals surface area contributed by atoms with Crippen molar-refractivity contribution in [3.8, 4) is 0 Å². The van der Waals surface area contributed by atoms with Crippen molar-refractivity contribution in [2.75, 3.05) is 38.7 Å². The van der Waals surface area contributed by atoms with Crippen LogP contribution < -0.4 is 5.32 Å². The van der Waals surface area contributed by atoms with Crippen LogP contribution in [0.25, 0.3) is 5.78 Å². The minimum absolute atomic E-state index is 0.142. The Bertz CT molecular complexity index is 991. The fraction of sp³-hybridized carbons (Fsp3) is 0.476. The Morgan fingerprint density at radius 2 is 2.10 bits per heavy atom. The zero-order chi connectivity index (χ0) is 21.1. The first-order chi connectivity index (χ1) is 14.4. The third-order valence-electron chi connectivity index (χ3n) is 5.22. The van der Waals surface area contributed by atoms with Crippen LogP contribution in [0.5, 0.6) is 0 Å². The van der Waals surface area contributed by atoms with Gasteiger partial charge in [-0.15, -0.1) is 0 Å². The van der Waals surface area contributed by atoms with Crippen LogP contribution in [-0.2, 0) is 16.1 Å². The smallest absolute Gasteiger partial charge is 0.254 e. The molecule has 2 aromatic heterocycles. The van der Waals surface area contributed by atoms with Crippen LogP contribution in [0.3, 0.4) is 0 Å². The molecule has 1 atom stereocenters. The number of benzene rings is 1. The Hall–Kier alpha value is -2.26. The first-order valence-corrected chi connectivity index (χ1v) is 10.4. The lowest BCUT2D eigenvalue weighted by Crippen LogP contribution is -2.50. The fourth-order valence-electron chi connectivity index (χ4n) is 3.87. The van der Waals surface area contributed by atoms with Gasteiger partial charge >= 0.3 is 0 Å². The highest BCUT2D eigenvalue weighted by molar-refractivity contribution is 6.30. The van der Waals surface area contributed by atoms with E-state index in [2.05, 4.69) is 51.3 Å². The van der Waals surface area contributed by atoms with E-state index in [4.69, 9.17) is 21.1 Å². The minimum atomic E-state index is -0.190. The molecule has 3 heterocycles. The van der Waals surface area contributed by atoms with Gasteiger partial charge in [0.15, 0.2) is 0 Å². The largest absolute Gasteiger partial charge is 0.378 e. The number of fused-ring (bicyclic) bond motifs is 1. The van der Waals surface area contributed by atoms with Gasteiger partial charge in [-0.1, -0.05) is 23.7 Å². The van der Waals surface area contributed by atoms with Gasteiger partial charge in [0, 0.05) is 37.8 Å². The number of hydrogen-bond acceptors (Lipinski definition) is 7. The Balaban J connectivity index is 1.61. The van der Waals surface area contributed by atoms with E-state index in [0.29, 0.717) is 25.5 Å². The number of hydrogen-bond donors (Lipinski definition) is 1. The van der Waals surface area contributed by atoms with Crippen molar-refractivity contribution in [2.45, 2.75) is 32.1 Å². The van der Waals surface area contributed by atoms with E-state index in [1.165, 1.54) is 11.9 Å². The van der Waals surface area contributed by atoms with Crippen LogP contribution >= 0.6 is 11.6 Å². The SMILES string of the molecule is COCc1cc(NCC(c2ccc(Cl)cc2)N2CCOC(C)(C)C2)n2ncnc2n1. The molecule has 30 heavy (non-hydrogen) atoms. The number of aromatic nitrogens is 4. The van der Waals surface area contributed by atoms with Gasteiger partial charge < -0.3 is 14.8 Å². The first-order valence-electron chi connectivity index (χ1n) is 10.0. The first kappa shape index (κ1) is 21.0. The standard InChI is InChI=1S/C21H27ClN6O2/c1-21(2)13-27(8-9-30-21)18(15-4-6-16(22)7-5-15)11-23-19-10-17(12-29-3)26-20-24-14-25-28(19)20/h4-7,10,14,18,23H,8-9,11-13H2,1-3H3. The summed E-state index contributed by atoms with van der Waals surface area (Å²) in [5.41, 5.74) is 1.81. The molecule has 1 N–H and O–H groups in total. The molecule has 3 aromatic rings. The molecule has 0 spiro atoms. The molecule has 1 aliphatic rings. The summed E-state index contributed by atoms with van der Waals surface area (Å²) in [4.78, 5) is 11.2. The van der Waals surface area contributed by atoms with Crippen molar-refractivity contribution in [3.05, 3.63) is 52.9 Å². The van der Waals surface area contributed by atoms with Gasteiger partial charge in [0.25, 0.3) is 5.78 Å². The van der Waals surface area contributed by atoms with Crippen molar-refractivity contribution >= 4 is 23.2 Å². The van der Waals surface area contributed by atoms with E-state index in [0.717, 1.165) is 29.6 Å². The topological polar surface area (TPSA) is 76.8 Å². The van der Waals surface area contributed by atoms with Crippen LogP contribution in [0.1, 0.15) is 31.1 Å². The molecule has 0 aliphatic carbocycles. The molecule has 0 bridgehead atoms. The summed E-state index contributed by atoms with van der Waals surface area (Å²) >= 11 is 6.13. The molecule has 0 radical (unpaired) electrons. The lowest BCUT2D eigenvalue weighted by Gasteiger charge is -2.42. The Morgan fingerprint density at radius 3 is 2.83 bits per heavy atom. The van der Waals surface area contributed by atoms with Gasteiger partial charge in [-0.2, -0.15) is 14.6 Å². The molecule has 0 saturated carbocycles. The molecule has 9 heteroatoms. The Kier molecular flexibility index (Phi) is 6.19. The average molecular weight is 431 g/mol. The molecule has 8 nitrogen and oxygen atoms in total. The van der Waals surface area contributed by atoms with Crippen LogP contribution in [0.4, 0.5) is 5.82 Å². The summed E-state index contributed by atoms with van der Waals surface area (Å²) < 4.78 is 12.9. The fourth-order valence-corrected chi connectivity index (χ4v) is 4.00. The third kappa shape index (κ3) is 4.73. The summed E-state index contributed by atoms with van der Waals surface area (Å²) in [7, 11) is 1.65. The molecule has 4 rings (SSSR count). The number of nitrogens with one attached hydrogen (secondary N) is 1. The normalized spacial score (nSPS) is 17.9. The average Bonchev–Trinajstić information content (AvgIpc) is 3.18. The molecule has 1 aromatic carbocycles. The van der Waals surface area contributed by atoms with E-state index >= 15 is 0 Å². The van der Waals surface area contributed by atoms with E-state index in [9.17, 15) is 0 Å². The third-order valence-corrected chi connectivity index (χ3v) is 5.48. The van der Waals surface area contributed by atoms with Crippen LogP contribution in [0.2, 0.25) is 5.02 Å². The predicted molar refractivity (Wildman–Crippen MR) is 116 cm³/mol. The van der Waals surface area contributed by atoms with Crippen molar-refractivity contribution < 1.29 is 9.47 Å². The minimum Gasteiger partial charge on any atom is -0.378 e. The zero-order valence-corrected chi connectivity index (χ0v) is 18.3. The number of nitrogens with zero attached hydrogens (tertiary/aromatic N) is 5. The second-order valence-electron chi connectivity index (χ2n) is 8.06. The number of morpholine rings is 1. The second kappa shape index (κ2) is 8.85. The van der Waals surface area contributed by atoms with Gasteiger partial charge in [0.2, 0.25) is 0 Å². The van der Waals surface area contributed by atoms with Gasteiger partial charge in [-0.05, 0) is 31.5 Å². The highest BCUT2D eigenvalue weighted by Crippen LogP contribution is 2.28. The zero-order valence-electron chi connectivity index (χ0n) is 17.5. The van der Waals surface area contributed by atoms with E-state index in [-0.39, 0.29) is 11.6 Å². The molecule has 1 unspecified atom stereocenters. The molecule has 1 saturated heterocycles. The maximum atomic E-state index is 6.13. The number of ether oxygens (including phenoxy) is 2. The van der Waals surface area contributed by atoms with E-state index in [1.807, 2.05) is 18.2 Å². The number of halogens is 1. The molecule has 1 aliphatic heterocycles. The van der Waals surface area contributed by atoms with Crippen molar-refractivity contribution in [3.63, 3.8) is 0 Å². The molecule has 1 fully saturated rings. The lowest BCUT2D eigenvalue weighted by molar-refractivity contribution is -0.0963. The highest BCUT2D eigenvalue weighted by Gasteiger charge is 2.32. The lowest BCUT2D eigenvalue weighted by atomic mass is 10.0. The Morgan fingerprint density at radius 1 is 1.30 bits per heavy atom. The second-order valence-corrected chi connectivity index (χ2v) is 8.50. The molecule has 0 amide bonds. The molecular weight excluding hydrogens is 404 g/mol. The van der Waals surface area contributed by atoms with Crippen molar-refractivity contribution in [1.82, 2.24) is 24.5 Å². The Labute approximate surface area is 181 Å². The van der Waals surface area contributed by atoms with E-state index < -0.39 is 0 Å². The van der Waals surface area contributed by atoms with Crippen molar-refractivity contribution in [2.24, 2.45) is 0 Å². The van der Waals surface area contributed by atoms with Crippen LogP contribution in [0.15, 0.2) is 36.7 Å². The summed E-state index contributed by atoms with van der Waals surface area (Å²) in [5, 5.41) is 8.60. The summed E-state index contributed by atoms with van der Waals surface area (Å²) in [6.07, 6.45) is 1.51. The molecular formula is C21H27ClN6O2. The van der Waals surface area contributed by atoms with Crippen LogP contribution in [0, 0.1) is 0 Å². The van der Waals surface area contributed by atoms with Gasteiger partial charge in [0.1, 0.15) is 12.1 Å². The van der Waals surface area contributed by atoms with Gasteiger partial charge in [0.05, 0.1) is 30.6 Å². The maximum Gasteiger partial charge on any atom is 0.254 e. The predicted octanol–water partition coefficient (Wildman–Crippen LogP) is 3.19. The quantitative estimate of drug-likeness (QED) is 0.616. The van der Waals surface area contributed by atoms with Gasteiger partial charge in [-0.3, -0.25) is 4.90 Å². The number of anilines is 1. The van der Waals surface area contributed by atoms with Gasteiger partial charge in [-0.25, -0.2) is 4.98 Å².